The summed E-state index contributed by atoms with van der Waals surface area (Å²) in [6, 6.07) is 10.5. The van der Waals surface area contributed by atoms with Crippen LogP contribution in [0.5, 0.6) is 0 Å². The molecule has 0 aliphatic carbocycles. The van der Waals surface area contributed by atoms with Crippen LogP contribution in [0.4, 0.5) is 11.4 Å². The van der Waals surface area contributed by atoms with E-state index in [9.17, 15) is 23.3 Å². The molecule has 24 heavy (non-hydrogen) atoms. The third-order valence-electron chi connectivity index (χ3n) is 3.28. The maximum atomic E-state index is 11.7. The van der Waals surface area contributed by atoms with E-state index in [0.717, 1.165) is 6.26 Å². The van der Waals surface area contributed by atoms with Crippen LogP contribution >= 0.6 is 0 Å². The van der Waals surface area contributed by atoms with Crippen molar-refractivity contribution in [2.75, 3.05) is 11.6 Å². The van der Waals surface area contributed by atoms with E-state index in [0.29, 0.717) is 11.1 Å². The van der Waals surface area contributed by atoms with Gasteiger partial charge in [0, 0.05) is 18.4 Å². The lowest BCUT2D eigenvalue weighted by Gasteiger charge is -2.10. The molecular formula is C15H15N3O5S. The number of nitrogens with zero attached hydrogens (tertiary/aromatic N) is 1. The highest BCUT2D eigenvalue weighted by atomic mass is 32.2. The number of nitrogens with two attached hydrogens (primary N) is 1. The number of nitro groups is 1. The minimum absolute atomic E-state index is 0.0763. The van der Waals surface area contributed by atoms with Crippen LogP contribution in [0, 0.1) is 10.1 Å². The Labute approximate surface area is 138 Å². The maximum absolute atomic E-state index is 11.7. The third-order valence-corrected chi connectivity index (χ3v) is 4.40. The van der Waals surface area contributed by atoms with E-state index in [1.165, 1.54) is 18.2 Å². The molecule has 0 fully saturated rings. The van der Waals surface area contributed by atoms with Crippen molar-refractivity contribution in [3.63, 3.8) is 0 Å². The smallest absolute Gasteiger partial charge is 0.310 e. The summed E-state index contributed by atoms with van der Waals surface area (Å²) in [5.41, 5.74) is 5.76. The fourth-order valence-corrected chi connectivity index (χ4v) is 3.05. The summed E-state index contributed by atoms with van der Waals surface area (Å²) in [7, 11) is -3.74. The van der Waals surface area contributed by atoms with Crippen LogP contribution in [0.25, 0.3) is 0 Å². The Hall–Kier alpha value is -2.94. The third kappa shape index (κ3) is 3.87. The molecular weight excluding hydrogens is 334 g/mol. The van der Waals surface area contributed by atoms with E-state index < -0.39 is 26.4 Å². The molecule has 0 saturated carbocycles. The molecule has 8 nitrogen and oxygen atoms in total. The first-order valence-electron chi connectivity index (χ1n) is 6.80. The van der Waals surface area contributed by atoms with Gasteiger partial charge in [-0.15, -0.1) is 0 Å². The van der Waals surface area contributed by atoms with Crippen LogP contribution in [0.1, 0.15) is 15.9 Å². The number of carbonyl (C=O) groups is 1. The quantitative estimate of drug-likeness (QED) is 0.602. The Morgan fingerprint density at radius 1 is 1.25 bits per heavy atom. The number of benzene rings is 2. The number of nitro benzene ring substituents is 1. The average Bonchev–Trinajstić information content (AvgIpc) is 2.51. The number of amides is 1. The van der Waals surface area contributed by atoms with Crippen LogP contribution in [-0.2, 0) is 16.4 Å². The predicted molar refractivity (Wildman–Crippen MR) is 88.5 cm³/mol. The molecule has 0 bridgehead atoms. The maximum Gasteiger partial charge on any atom is 0.310 e. The summed E-state index contributed by atoms with van der Waals surface area (Å²) in [5.74, 6) is -0.582. The Bertz CT molecular complexity index is 909. The lowest BCUT2D eigenvalue weighted by atomic mass is 10.1. The van der Waals surface area contributed by atoms with Crippen molar-refractivity contribution in [3.05, 3.63) is 63.7 Å². The molecule has 0 atom stereocenters. The highest BCUT2D eigenvalue weighted by Crippen LogP contribution is 2.32. The summed E-state index contributed by atoms with van der Waals surface area (Å²) in [4.78, 5) is 21.4. The molecule has 0 aliphatic rings. The highest BCUT2D eigenvalue weighted by molar-refractivity contribution is 7.90. The first-order chi connectivity index (χ1) is 11.2. The molecule has 2 aromatic rings. The van der Waals surface area contributed by atoms with E-state index in [1.54, 1.807) is 24.3 Å². The van der Waals surface area contributed by atoms with E-state index in [-0.39, 0.29) is 17.1 Å². The molecule has 2 aromatic carbocycles. The van der Waals surface area contributed by atoms with Gasteiger partial charge in [0.15, 0.2) is 9.84 Å². The summed E-state index contributed by atoms with van der Waals surface area (Å²) < 4.78 is 23.4. The van der Waals surface area contributed by atoms with Gasteiger partial charge >= 0.3 is 5.69 Å². The topological polar surface area (TPSA) is 132 Å². The Morgan fingerprint density at radius 3 is 2.50 bits per heavy atom. The Kier molecular flexibility index (Phi) is 4.84. The van der Waals surface area contributed by atoms with Gasteiger partial charge in [0.25, 0.3) is 0 Å². The second-order valence-corrected chi connectivity index (χ2v) is 7.08. The molecule has 0 aliphatic heterocycles. The predicted octanol–water partition coefficient (Wildman–Crippen LogP) is 1.71. The normalized spacial score (nSPS) is 11.0. The minimum Gasteiger partial charge on any atom is -0.375 e. The zero-order chi connectivity index (χ0) is 17.9. The fraction of sp³-hybridized carbons (Fsp3) is 0.133. The summed E-state index contributed by atoms with van der Waals surface area (Å²) in [6.45, 7) is 0.162. The van der Waals surface area contributed by atoms with Gasteiger partial charge in [-0.05, 0) is 29.8 Å². The molecule has 0 heterocycles. The van der Waals surface area contributed by atoms with E-state index >= 15 is 0 Å². The van der Waals surface area contributed by atoms with Gasteiger partial charge in [0.1, 0.15) is 10.6 Å². The standard InChI is InChI=1S/C15H15N3O5S/c1-24(22,23)13-7-3-6-12(14(13)18(20)21)17-9-10-4-2-5-11(8-10)15(16)19/h2-8,17H,9H2,1H3,(H2,16,19). The van der Waals surface area contributed by atoms with Crippen molar-refractivity contribution in [3.8, 4) is 0 Å². The van der Waals surface area contributed by atoms with Gasteiger partial charge in [-0.25, -0.2) is 8.42 Å². The number of anilines is 1. The molecule has 0 unspecified atom stereocenters. The van der Waals surface area contributed by atoms with Crippen LogP contribution in [0.2, 0.25) is 0 Å². The van der Waals surface area contributed by atoms with Crippen molar-refractivity contribution in [2.24, 2.45) is 5.73 Å². The van der Waals surface area contributed by atoms with Crippen LogP contribution in [0.15, 0.2) is 47.4 Å². The number of primary amides is 1. The zero-order valence-corrected chi connectivity index (χ0v) is 13.5. The van der Waals surface area contributed by atoms with Gasteiger partial charge < -0.3 is 11.1 Å². The summed E-state index contributed by atoms with van der Waals surface area (Å²) >= 11 is 0. The van der Waals surface area contributed by atoms with Crippen molar-refractivity contribution in [2.45, 2.75) is 11.4 Å². The van der Waals surface area contributed by atoms with E-state index in [2.05, 4.69) is 5.32 Å². The van der Waals surface area contributed by atoms with Crippen LogP contribution < -0.4 is 11.1 Å². The Morgan fingerprint density at radius 2 is 1.92 bits per heavy atom. The van der Waals surface area contributed by atoms with E-state index in [4.69, 9.17) is 5.73 Å². The van der Waals surface area contributed by atoms with Crippen molar-refractivity contribution in [1.82, 2.24) is 0 Å². The molecule has 2 rings (SSSR count). The van der Waals surface area contributed by atoms with Crippen LogP contribution in [0.3, 0.4) is 0 Å². The van der Waals surface area contributed by atoms with Gasteiger partial charge in [-0.1, -0.05) is 18.2 Å². The Balaban J connectivity index is 2.35. The first kappa shape index (κ1) is 17.4. The monoisotopic (exact) mass is 349 g/mol. The van der Waals surface area contributed by atoms with Gasteiger partial charge in [0.05, 0.1) is 4.92 Å². The van der Waals surface area contributed by atoms with Crippen molar-refractivity contribution < 1.29 is 18.1 Å². The summed E-state index contributed by atoms with van der Waals surface area (Å²) in [5, 5.41) is 14.1. The molecule has 126 valence electrons. The van der Waals surface area contributed by atoms with E-state index in [1.807, 2.05) is 0 Å². The van der Waals surface area contributed by atoms with Crippen molar-refractivity contribution >= 4 is 27.1 Å². The molecule has 0 saturated heterocycles. The number of nitrogens with one attached hydrogen (secondary N) is 1. The summed E-state index contributed by atoms with van der Waals surface area (Å²) in [6.07, 6.45) is 0.912. The molecule has 9 heteroatoms. The first-order valence-corrected chi connectivity index (χ1v) is 8.69. The number of hydrogen-bond donors (Lipinski definition) is 2. The lowest BCUT2D eigenvalue weighted by molar-refractivity contribution is -0.386. The molecule has 0 aromatic heterocycles. The number of hydrogen-bond acceptors (Lipinski definition) is 6. The second-order valence-electron chi connectivity index (χ2n) is 5.10. The SMILES string of the molecule is CS(=O)(=O)c1cccc(NCc2cccc(C(N)=O)c2)c1[N+](=O)[O-]. The largest absolute Gasteiger partial charge is 0.375 e. The molecule has 0 spiro atoms. The average molecular weight is 349 g/mol. The lowest BCUT2D eigenvalue weighted by Crippen LogP contribution is -2.12. The molecule has 0 radical (unpaired) electrons. The van der Waals surface area contributed by atoms with Crippen LogP contribution in [-0.4, -0.2) is 25.5 Å². The number of rotatable bonds is 6. The van der Waals surface area contributed by atoms with Crippen molar-refractivity contribution in [1.29, 1.82) is 0 Å². The number of carbonyl (C=O) groups excluding carboxylic acids is 1. The zero-order valence-electron chi connectivity index (χ0n) is 12.7. The highest BCUT2D eigenvalue weighted by Gasteiger charge is 2.25. The van der Waals surface area contributed by atoms with Gasteiger partial charge in [-0.2, -0.15) is 0 Å². The minimum atomic E-state index is -3.74. The second kappa shape index (κ2) is 6.67. The fourth-order valence-electron chi connectivity index (χ4n) is 2.18. The number of sulfone groups is 1. The molecule has 3 N–H and O–H groups in total. The molecule has 1 amide bonds. The van der Waals surface area contributed by atoms with Gasteiger partial charge in [0.2, 0.25) is 5.91 Å². The number of para-hydroxylation sites is 1. The van der Waals surface area contributed by atoms with Gasteiger partial charge in [-0.3, -0.25) is 14.9 Å².